The zero-order valence-electron chi connectivity index (χ0n) is 19.5. The molecule has 1 atom stereocenters. The van der Waals surface area contributed by atoms with Gasteiger partial charge in [0.15, 0.2) is 0 Å². The number of amides is 1. The van der Waals surface area contributed by atoms with Gasteiger partial charge in [0.2, 0.25) is 15.9 Å². The van der Waals surface area contributed by atoms with Gasteiger partial charge >= 0.3 is 0 Å². The lowest BCUT2D eigenvalue weighted by Gasteiger charge is -2.33. The number of nitrogens with one attached hydrogen (secondary N) is 1. The topological polar surface area (TPSA) is 69.7 Å². The molecule has 3 rings (SSSR count). The molecule has 2 aromatic rings. The van der Waals surface area contributed by atoms with Crippen LogP contribution >= 0.6 is 0 Å². The van der Waals surface area contributed by atoms with E-state index in [1.165, 1.54) is 9.87 Å². The third kappa shape index (κ3) is 6.18. The largest absolute Gasteiger partial charge is 0.354 e. The van der Waals surface area contributed by atoms with Gasteiger partial charge in [-0.15, -0.1) is 0 Å². The maximum Gasteiger partial charge on any atom is 0.243 e. The van der Waals surface area contributed by atoms with Crippen molar-refractivity contribution in [1.29, 1.82) is 0 Å². The second kappa shape index (κ2) is 10.1. The monoisotopic (exact) mass is 457 g/mol. The van der Waals surface area contributed by atoms with Gasteiger partial charge in [-0.1, -0.05) is 70.2 Å². The molecule has 1 N–H and O–H groups in total. The molecule has 1 aliphatic heterocycles. The number of hydrogen-bond donors (Lipinski definition) is 1. The van der Waals surface area contributed by atoms with E-state index >= 15 is 0 Å². The Morgan fingerprint density at radius 1 is 0.969 bits per heavy atom. The van der Waals surface area contributed by atoms with Gasteiger partial charge in [0, 0.05) is 32.7 Å². The van der Waals surface area contributed by atoms with E-state index in [1.807, 2.05) is 35.2 Å². The fourth-order valence-corrected chi connectivity index (χ4v) is 5.25. The van der Waals surface area contributed by atoms with Crippen LogP contribution in [0.25, 0.3) is 0 Å². The first-order valence-electron chi connectivity index (χ1n) is 11.2. The smallest absolute Gasteiger partial charge is 0.243 e. The Morgan fingerprint density at radius 3 is 2.12 bits per heavy atom. The van der Waals surface area contributed by atoms with Crippen molar-refractivity contribution in [2.45, 2.75) is 43.9 Å². The molecule has 0 spiro atoms. The van der Waals surface area contributed by atoms with Crippen molar-refractivity contribution in [2.24, 2.45) is 0 Å². The molecule has 0 saturated carbocycles. The van der Waals surface area contributed by atoms with Crippen LogP contribution in [0, 0.1) is 0 Å². The molecule has 1 aliphatic rings. The van der Waals surface area contributed by atoms with Crippen molar-refractivity contribution in [1.82, 2.24) is 14.5 Å². The van der Waals surface area contributed by atoms with Crippen LogP contribution in [0.3, 0.4) is 0 Å². The molecular weight excluding hydrogens is 422 g/mol. The molecule has 0 aliphatic carbocycles. The molecular formula is C25H35N3O3S. The number of rotatable bonds is 7. The standard InChI is InChI=1S/C25H35N3O3S/c1-20(21-8-6-5-7-9-21)18-26-24(29)19-27-14-16-28(17-15-27)32(30,31)23-12-10-22(11-13-23)25(2,3)4/h5-13,20H,14-19H2,1-4H3,(H,26,29)/t20-/m0/s1. The Morgan fingerprint density at radius 2 is 1.56 bits per heavy atom. The van der Waals surface area contributed by atoms with Gasteiger partial charge in [-0.25, -0.2) is 8.42 Å². The predicted molar refractivity (Wildman–Crippen MR) is 128 cm³/mol. The number of nitrogens with zero attached hydrogens (tertiary/aromatic N) is 2. The first-order chi connectivity index (χ1) is 15.1. The van der Waals surface area contributed by atoms with Crippen LogP contribution < -0.4 is 5.32 Å². The van der Waals surface area contributed by atoms with Crippen molar-refractivity contribution in [2.75, 3.05) is 39.3 Å². The number of carbonyl (C=O) groups is 1. The van der Waals surface area contributed by atoms with E-state index in [1.54, 1.807) is 12.1 Å². The van der Waals surface area contributed by atoms with Crippen molar-refractivity contribution in [3.05, 3.63) is 65.7 Å². The molecule has 0 bridgehead atoms. The maximum absolute atomic E-state index is 13.0. The van der Waals surface area contributed by atoms with Gasteiger partial charge in [0.25, 0.3) is 0 Å². The van der Waals surface area contributed by atoms with Gasteiger partial charge in [0.1, 0.15) is 0 Å². The summed E-state index contributed by atoms with van der Waals surface area (Å²) in [6.45, 7) is 11.1. The normalized spacial score (nSPS) is 17.1. The molecule has 2 aromatic carbocycles. The molecule has 0 aromatic heterocycles. The van der Waals surface area contributed by atoms with E-state index in [4.69, 9.17) is 0 Å². The van der Waals surface area contributed by atoms with E-state index in [-0.39, 0.29) is 23.8 Å². The van der Waals surface area contributed by atoms with Gasteiger partial charge in [-0.3, -0.25) is 9.69 Å². The molecule has 1 amide bonds. The van der Waals surface area contributed by atoms with Gasteiger partial charge in [-0.05, 0) is 34.6 Å². The first kappa shape index (κ1) is 24.4. The first-order valence-corrected chi connectivity index (χ1v) is 12.7. The lowest BCUT2D eigenvalue weighted by Crippen LogP contribution is -2.51. The van der Waals surface area contributed by atoms with Gasteiger partial charge < -0.3 is 5.32 Å². The third-order valence-corrected chi connectivity index (χ3v) is 7.94. The lowest BCUT2D eigenvalue weighted by molar-refractivity contribution is -0.122. The summed E-state index contributed by atoms with van der Waals surface area (Å²) in [6.07, 6.45) is 0. The van der Waals surface area contributed by atoms with Crippen LogP contribution in [0.4, 0.5) is 0 Å². The van der Waals surface area contributed by atoms with Crippen molar-refractivity contribution in [3.8, 4) is 0 Å². The lowest BCUT2D eigenvalue weighted by atomic mass is 9.87. The molecule has 6 nitrogen and oxygen atoms in total. The molecule has 32 heavy (non-hydrogen) atoms. The summed E-state index contributed by atoms with van der Waals surface area (Å²) in [4.78, 5) is 14.7. The van der Waals surface area contributed by atoms with Crippen LogP contribution in [0.2, 0.25) is 0 Å². The highest BCUT2D eigenvalue weighted by Crippen LogP contribution is 2.25. The molecule has 174 valence electrons. The van der Waals surface area contributed by atoms with Crippen LogP contribution in [-0.2, 0) is 20.2 Å². The van der Waals surface area contributed by atoms with Crippen molar-refractivity contribution in [3.63, 3.8) is 0 Å². The molecule has 1 saturated heterocycles. The van der Waals surface area contributed by atoms with E-state index in [9.17, 15) is 13.2 Å². The fourth-order valence-electron chi connectivity index (χ4n) is 3.83. The molecule has 1 fully saturated rings. The second-order valence-corrected chi connectivity index (χ2v) is 11.5. The van der Waals surface area contributed by atoms with Crippen molar-refractivity contribution >= 4 is 15.9 Å². The Bertz CT molecular complexity index is 991. The summed E-state index contributed by atoms with van der Waals surface area (Å²) in [5.74, 6) is 0.216. The number of carbonyl (C=O) groups excluding carboxylic acids is 1. The van der Waals surface area contributed by atoms with Crippen LogP contribution in [0.5, 0.6) is 0 Å². The summed E-state index contributed by atoms with van der Waals surface area (Å²) in [5.41, 5.74) is 2.28. The average molecular weight is 458 g/mol. The highest BCUT2D eigenvalue weighted by molar-refractivity contribution is 7.89. The molecule has 0 radical (unpaired) electrons. The highest BCUT2D eigenvalue weighted by Gasteiger charge is 2.29. The molecule has 0 unspecified atom stereocenters. The van der Waals surface area contributed by atoms with E-state index in [0.29, 0.717) is 37.6 Å². The fraction of sp³-hybridized carbons (Fsp3) is 0.480. The predicted octanol–water partition coefficient (Wildman–Crippen LogP) is 3.21. The summed E-state index contributed by atoms with van der Waals surface area (Å²) >= 11 is 0. The Balaban J connectivity index is 1.48. The summed E-state index contributed by atoms with van der Waals surface area (Å²) in [6, 6.07) is 17.3. The molecule has 7 heteroatoms. The highest BCUT2D eigenvalue weighted by atomic mass is 32.2. The zero-order valence-corrected chi connectivity index (χ0v) is 20.4. The number of hydrogen-bond acceptors (Lipinski definition) is 4. The Kier molecular flexibility index (Phi) is 7.75. The minimum atomic E-state index is -3.52. The minimum absolute atomic E-state index is 0.0205. The van der Waals surface area contributed by atoms with Gasteiger partial charge in [0.05, 0.1) is 11.4 Å². The van der Waals surface area contributed by atoms with Crippen LogP contribution in [0.1, 0.15) is 44.7 Å². The van der Waals surface area contributed by atoms with Gasteiger partial charge in [-0.2, -0.15) is 4.31 Å². The zero-order chi connectivity index (χ0) is 23.4. The number of benzene rings is 2. The van der Waals surface area contributed by atoms with Crippen LogP contribution in [0.15, 0.2) is 59.5 Å². The van der Waals surface area contributed by atoms with E-state index in [0.717, 1.165) is 5.56 Å². The van der Waals surface area contributed by atoms with E-state index < -0.39 is 10.0 Å². The second-order valence-electron chi connectivity index (χ2n) is 9.57. The summed E-state index contributed by atoms with van der Waals surface area (Å²) < 4.78 is 27.6. The van der Waals surface area contributed by atoms with Crippen LogP contribution in [-0.4, -0.2) is 62.8 Å². The summed E-state index contributed by atoms with van der Waals surface area (Å²) in [5, 5.41) is 3.00. The molecule has 1 heterocycles. The number of piperazine rings is 1. The Labute approximate surface area is 192 Å². The SMILES string of the molecule is C[C@@H](CNC(=O)CN1CCN(S(=O)(=O)c2ccc(C(C)(C)C)cc2)CC1)c1ccccc1. The maximum atomic E-state index is 13.0. The average Bonchev–Trinajstić information content (AvgIpc) is 2.78. The third-order valence-electron chi connectivity index (χ3n) is 6.03. The quantitative estimate of drug-likeness (QED) is 0.693. The number of sulfonamides is 1. The van der Waals surface area contributed by atoms with E-state index in [2.05, 4.69) is 45.1 Å². The minimum Gasteiger partial charge on any atom is -0.354 e. The Hall–Kier alpha value is -2.22. The summed E-state index contributed by atoms with van der Waals surface area (Å²) in [7, 11) is -3.52. The van der Waals surface area contributed by atoms with Crippen molar-refractivity contribution < 1.29 is 13.2 Å².